The van der Waals surface area contributed by atoms with Crippen LogP contribution in [0.3, 0.4) is 0 Å². The lowest BCUT2D eigenvalue weighted by Crippen LogP contribution is -2.26. The first-order valence-electron chi connectivity index (χ1n) is 5.21. The summed E-state index contributed by atoms with van der Waals surface area (Å²) >= 11 is 0. The number of hydrogen-bond acceptors (Lipinski definition) is 1. The van der Waals surface area contributed by atoms with Crippen LogP contribution in [-0.4, -0.2) is 5.11 Å². The zero-order valence-corrected chi connectivity index (χ0v) is 9.06. The van der Waals surface area contributed by atoms with Crippen LogP contribution in [0.4, 0.5) is 8.78 Å². The van der Waals surface area contributed by atoms with E-state index in [-0.39, 0.29) is 5.56 Å². The third kappa shape index (κ3) is 2.53. The molecule has 0 saturated carbocycles. The van der Waals surface area contributed by atoms with E-state index in [1.165, 1.54) is 0 Å². The first-order chi connectivity index (χ1) is 7.03. The van der Waals surface area contributed by atoms with Crippen LogP contribution >= 0.6 is 0 Å². The van der Waals surface area contributed by atoms with Crippen LogP contribution in [0, 0.1) is 11.6 Å². The predicted octanol–water partition coefficient (Wildman–Crippen LogP) is 3.36. The van der Waals surface area contributed by atoms with Crippen LogP contribution in [0.15, 0.2) is 18.2 Å². The zero-order valence-electron chi connectivity index (χ0n) is 9.06. The fourth-order valence-corrected chi connectivity index (χ4v) is 1.77. The van der Waals surface area contributed by atoms with Crippen molar-refractivity contribution < 1.29 is 13.9 Å². The summed E-state index contributed by atoms with van der Waals surface area (Å²) in [5.41, 5.74) is -1.19. The van der Waals surface area contributed by atoms with E-state index in [9.17, 15) is 13.9 Å². The Morgan fingerprint density at radius 3 is 2.47 bits per heavy atom. The van der Waals surface area contributed by atoms with Gasteiger partial charge >= 0.3 is 0 Å². The molecule has 0 fully saturated rings. The molecular formula is C12H16F2O. The summed E-state index contributed by atoms with van der Waals surface area (Å²) in [6, 6.07) is 3.19. The van der Waals surface area contributed by atoms with Crippen molar-refractivity contribution >= 4 is 0 Å². The highest BCUT2D eigenvalue weighted by atomic mass is 19.1. The van der Waals surface area contributed by atoms with Crippen molar-refractivity contribution in [2.45, 2.75) is 38.7 Å². The van der Waals surface area contributed by atoms with Gasteiger partial charge in [0.1, 0.15) is 11.6 Å². The molecule has 0 bridgehead atoms. The van der Waals surface area contributed by atoms with Gasteiger partial charge in [-0.1, -0.05) is 20.3 Å². The van der Waals surface area contributed by atoms with Gasteiger partial charge in [0, 0.05) is 5.56 Å². The lowest BCUT2D eigenvalue weighted by atomic mass is 9.86. The Morgan fingerprint density at radius 1 is 1.27 bits per heavy atom. The maximum absolute atomic E-state index is 13.4. The number of halogens is 2. The minimum absolute atomic E-state index is 0.0619. The Labute approximate surface area is 88.7 Å². The van der Waals surface area contributed by atoms with Crippen LogP contribution in [0.25, 0.3) is 0 Å². The molecule has 0 saturated heterocycles. The third-order valence-electron chi connectivity index (χ3n) is 2.68. The fraction of sp³-hybridized carbons (Fsp3) is 0.500. The fourth-order valence-electron chi connectivity index (χ4n) is 1.77. The van der Waals surface area contributed by atoms with E-state index in [0.29, 0.717) is 12.8 Å². The molecule has 0 aliphatic heterocycles. The highest BCUT2D eigenvalue weighted by Crippen LogP contribution is 2.32. The van der Waals surface area contributed by atoms with Crippen molar-refractivity contribution in [1.82, 2.24) is 0 Å². The molecule has 84 valence electrons. The second-order valence-corrected chi connectivity index (χ2v) is 3.76. The van der Waals surface area contributed by atoms with Crippen LogP contribution in [0.5, 0.6) is 0 Å². The topological polar surface area (TPSA) is 20.2 Å². The smallest absolute Gasteiger partial charge is 0.129 e. The van der Waals surface area contributed by atoms with Gasteiger partial charge < -0.3 is 5.11 Å². The molecule has 1 atom stereocenters. The van der Waals surface area contributed by atoms with E-state index in [1.54, 1.807) is 6.92 Å². The first-order valence-corrected chi connectivity index (χ1v) is 5.21. The molecule has 0 aromatic heterocycles. The van der Waals surface area contributed by atoms with Gasteiger partial charge in [-0.25, -0.2) is 8.78 Å². The highest BCUT2D eigenvalue weighted by Gasteiger charge is 2.29. The summed E-state index contributed by atoms with van der Waals surface area (Å²) in [6.45, 7) is 3.66. The molecule has 0 aliphatic rings. The van der Waals surface area contributed by atoms with E-state index < -0.39 is 17.2 Å². The van der Waals surface area contributed by atoms with Crippen molar-refractivity contribution in [2.75, 3.05) is 0 Å². The monoisotopic (exact) mass is 214 g/mol. The quantitative estimate of drug-likeness (QED) is 0.814. The van der Waals surface area contributed by atoms with E-state index in [0.717, 1.165) is 24.6 Å². The lowest BCUT2D eigenvalue weighted by molar-refractivity contribution is 0.0188. The standard InChI is InChI=1S/C12H16F2O/c1-3-7-12(15,4-2)10-8-9(13)5-6-11(10)14/h5-6,8,15H,3-4,7H2,1-2H3. The van der Waals surface area contributed by atoms with Crippen LogP contribution in [-0.2, 0) is 5.60 Å². The summed E-state index contributed by atoms with van der Waals surface area (Å²) in [6.07, 6.45) is 1.53. The minimum Gasteiger partial charge on any atom is -0.385 e. The molecule has 0 radical (unpaired) electrons. The molecule has 1 nitrogen and oxygen atoms in total. The minimum atomic E-state index is -1.25. The zero-order chi connectivity index (χ0) is 11.5. The average Bonchev–Trinajstić information content (AvgIpc) is 2.22. The number of aliphatic hydroxyl groups is 1. The molecule has 0 aliphatic carbocycles. The van der Waals surface area contributed by atoms with Gasteiger partial charge in [0.15, 0.2) is 0 Å². The maximum Gasteiger partial charge on any atom is 0.129 e. The van der Waals surface area contributed by atoms with Gasteiger partial charge in [-0.2, -0.15) is 0 Å². The summed E-state index contributed by atoms with van der Waals surface area (Å²) in [4.78, 5) is 0. The van der Waals surface area contributed by atoms with Crippen molar-refractivity contribution in [1.29, 1.82) is 0 Å². The SMILES string of the molecule is CCCC(O)(CC)c1cc(F)ccc1F. The van der Waals surface area contributed by atoms with Crippen molar-refractivity contribution in [3.8, 4) is 0 Å². The molecule has 0 amide bonds. The van der Waals surface area contributed by atoms with Gasteiger partial charge in [0.05, 0.1) is 5.60 Å². The summed E-state index contributed by atoms with van der Waals surface area (Å²) in [5.74, 6) is -1.07. The van der Waals surface area contributed by atoms with Gasteiger partial charge in [0.2, 0.25) is 0 Å². The van der Waals surface area contributed by atoms with E-state index in [4.69, 9.17) is 0 Å². The van der Waals surface area contributed by atoms with E-state index in [1.807, 2.05) is 6.92 Å². The molecule has 15 heavy (non-hydrogen) atoms. The molecule has 0 spiro atoms. The largest absolute Gasteiger partial charge is 0.385 e. The Kier molecular flexibility index (Phi) is 3.80. The van der Waals surface area contributed by atoms with Crippen molar-refractivity contribution in [3.63, 3.8) is 0 Å². The maximum atomic E-state index is 13.4. The molecule has 1 rings (SSSR count). The van der Waals surface area contributed by atoms with Crippen molar-refractivity contribution in [2.24, 2.45) is 0 Å². The Balaban J connectivity index is 3.16. The van der Waals surface area contributed by atoms with Gasteiger partial charge in [-0.15, -0.1) is 0 Å². The average molecular weight is 214 g/mol. The van der Waals surface area contributed by atoms with Crippen LogP contribution in [0.2, 0.25) is 0 Å². The number of benzene rings is 1. The lowest BCUT2D eigenvalue weighted by Gasteiger charge is -2.27. The van der Waals surface area contributed by atoms with E-state index in [2.05, 4.69) is 0 Å². The molecule has 1 N–H and O–H groups in total. The van der Waals surface area contributed by atoms with Crippen molar-refractivity contribution in [3.05, 3.63) is 35.4 Å². The summed E-state index contributed by atoms with van der Waals surface area (Å²) in [7, 11) is 0. The van der Waals surface area contributed by atoms with Gasteiger partial charge in [-0.3, -0.25) is 0 Å². The molecule has 1 unspecified atom stereocenters. The molecule has 0 heterocycles. The van der Waals surface area contributed by atoms with Crippen LogP contribution in [0.1, 0.15) is 38.7 Å². The highest BCUT2D eigenvalue weighted by molar-refractivity contribution is 5.25. The normalized spacial score (nSPS) is 15.0. The second-order valence-electron chi connectivity index (χ2n) is 3.76. The Morgan fingerprint density at radius 2 is 1.93 bits per heavy atom. The number of hydrogen-bond donors (Lipinski definition) is 1. The Bertz CT molecular complexity index is 338. The predicted molar refractivity (Wildman–Crippen MR) is 55.5 cm³/mol. The summed E-state index contributed by atoms with van der Waals surface area (Å²) < 4.78 is 26.4. The molecular weight excluding hydrogens is 198 g/mol. The second kappa shape index (κ2) is 4.71. The van der Waals surface area contributed by atoms with Gasteiger partial charge in [-0.05, 0) is 31.0 Å². The van der Waals surface area contributed by atoms with Crippen LogP contribution < -0.4 is 0 Å². The van der Waals surface area contributed by atoms with E-state index >= 15 is 0 Å². The molecule has 1 aromatic rings. The number of rotatable bonds is 4. The molecule has 3 heteroatoms. The first kappa shape index (κ1) is 12.1. The third-order valence-corrected chi connectivity index (χ3v) is 2.68. The summed E-state index contributed by atoms with van der Waals surface area (Å²) in [5, 5.41) is 10.2. The Hall–Kier alpha value is -0.960. The van der Waals surface area contributed by atoms with Gasteiger partial charge in [0.25, 0.3) is 0 Å². The molecule has 1 aromatic carbocycles.